The molecule has 1 aliphatic carbocycles. The van der Waals surface area contributed by atoms with Crippen LogP contribution in [-0.4, -0.2) is 85.4 Å². The van der Waals surface area contributed by atoms with Crippen molar-refractivity contribution >= 4 is 16.8 Å². The fourth-order valence-electron chi connectivity index (χ4n) is 4.41. The second-order valence-corrected chi connectivity index (χ2v) is 8.75. The van der Waals surface area contributed by atoms with Crippen molar-refractivity contribution < 1.29 is 20.1 Å². The van der Waals surface area contributed by atoms with E-state index >= 15 is 0 Å². The number of hydrogen-bond donors (Lipinski definition) is 3. The number of aliphatic hydroxyl groups is 3. The van der Waals surface area contributed by atoms with Gasteiger partial charge in [0.05, 0.1) is 24.9 Å². The van der Waals surface area contributed by atoms with Gasteiger partial charge in [0.25, 0.3) is 5.91 Å². The highest BCUT2D eigenvalue weighted by molar-refractivity contribution is 5.95. The van der Waals surface area contributed by atoms with Gasteiger partial charge in [0.1, 0.15) is 11.8 Å². The van der Waals surface area contributed by atoms with Crippen molar-refractivity contribution in [3.8, 4) is 11.1 Å². The van der Waals surface area contributed by atoms with Crippen LogP contribution in [0.2, 0.25) is 0 Å². The Kier molecular flexibility index (Phi) is 5.46. The maximum atomic E-state index is 13.0. The van der Waals surface area contributed by atoms with E-state index in [1.54, 1.807) is 15.8 Å². The van der Waals surface area contributed by atoms with Crippen LogP contribution >= 0.6 is 0 Å². The normalized spacial score (nSPS) is 19.3. The van der Waals surface area contributed by atoms with E-state index in [4.69, 9.17) is 0 Å². The van der Waals surface area contributed by atoms with Gasteiger partial charge in [0, 0.05) is 37.1 Å². The minimum Gasteiger partial charge on any atom is -0.394 e. The Morgan fingerprint density at radius 1 is 1.03 bits per heavy atom. The molecule has 2 aromatic carbocycles. The molecule has 3 N–H and O–H groups in total. The number of aromatic nitrogens is 2. The molecule has 32 heavy (non-hydrogen) atoms. The summed E-state index contributed by atoms with van der Waals surface area (Å²) < 4.78 is 1.79. The second kappa shape index (κ2) is 8.29. The van der Waals surface area contributed by atoms with Gasteiger partial charge < -0.3 is 20.2 Å². The van der Waals surface area contributed by atoms with Crippen LogP contribution in [0.15, 0.2) is 48.7 Å². The first-order valence-electron chi connectivity index (χ1n) is 11.1. The molecular formula is C24H28N4O4. The van der Waals surface area contributed by atoms with Crippen LogP contribution in [0.5, 0.6) is 0 Å². The lowest BCUT2D eigenvalue weighted by Crippen LogP contribution is -2.55. The van der Waals surface area contributed by atoms with Gasteiger partial charge in [0.15, 0.2) is 0 Å². The van der Waals surface area contributed by atoms with Gasteiger partial charge in [-0.15, -0.1) is 0 Å². The third-order valence-corrected chi connectivity index (χ3v) is 6.61. The maximum absolute atomic E-state index is 13.0. The summed E-state index contributed by atoms with van der Waals surface area (Å²) in [6.07, 6.45) is 2.22. The first kappa shape index (κ1) is 21.1. The van der Waals surface area contributed by atoms with E-state index in [1.165, 1.54) is 0 Å². The number of nitrogens with zero attached hydrogens (tertiary/aromatic N) is 4. The molecule has 0 bridgehead atoms. The minimum absolute atomic E-state index is 0.0210. The molecule has 2 fully saturated rings. The van der Waals surface area contributed by atoms with Gasteiger partial charge in [-0.2, -0.15) is 5.10 Å². The van der Waals surface area contributed by atoms with Crippen LogP contribution in [0.1, 0.15) is 23.2 Å². The summed E-state index contributed by atoms with van der Waals surface area (Å²) in [6.45, 7) is 2.64. The van der Waals surface area contributed by atoms with Crippen LogP contribution in [-0.2, 0) is 6.54 Å². The topological polar surface area (TPSA) is 102 Å². The quantitative estimate of drug-likeness (QED) is 0.538. The molecule has 168 valence electrons. The monoisotopic (exact) mass is 436 g/mol. The molecule has 1 saturated carbocycles. The van der Waals surface area contributed by atoms with E-state index in [-0.39, 0.29) is 12.5 Å². The Morgan fingerprint density at radius 2 is 1.72 bits per heavy atom. The van der Waals surface area contributed by atoms with Crippen LogP contribution in [0, 0.1) is 0 Å². The van der Waals surface area contributed by atoms with Gasteiger partial charge in [-0.3, -0.25) is 14.4 Å². The number of carbonyl (C=O) groups excluding carboxylic acids is 1. The first-order valence-corrected chi connectivity index (χ1v) is 11.1. The van der Waals surface area contributed by atoms with Crippen molar-refractivity contribution in [3.63, 3.8) is 0 Å². The molecule has 1 atom stereocenters. The minimum atomic E-state index is -0.958. The molecule has 1 saturated heterocycles. The summed E-state index contributed by atoms with van der Waals surface area (Å²) in [5.41, 5.74) is 2.67. The molecule has 8 nitrogen and oxygen atoms in total. The molecule has 0 radical (unpaired) electrons. The lowest BCUT2D eigenvalue weighted by molar-refractivity contribution is -0.108. The van der Waals surface area contributed by atoms with Gasteiger partial charge >= 0.3 is 0 Å². The predicted octanol–water partition coefficient (Wildman–Crippen LogP) is 1.30. The summed E-state index contributed by atoms with van der Waals surface area (Å²) in [5.74, 6) is -0.0210. The van der Waals surface area contributed by atoms with Crippen molar-refractivity contribution in [3.05, 3.63) is 54.2 Å². The molecule has 8 heteroatoms. The standard InChI is InChI=1S/C24H28N4O4/c29-14-13-28-21-15-19(5-6-20(21)16-25-28)17-1-3-18(4-2-17)22(30)26-9-11-27(12-10-26)23(31)24(32)7-8-24/h1-6,15-16,23,29,31-32H,7-14H2. The molecule has 1 aliphatic heterocycles. The highest BCUT2D eigenvalue weighted by Crippen LogP contribution is 2.39. The Balaban J connectivity index is 1.26. The van der Waals surface area contributed by atoms with E-state index in [2.05, 4.69) is 5.10 Å². The third kappa shape index (κ3) is 3.91. The molecule has 3 aromatic rings. The van der Waals surface area contributed by atoms with Crippen molar-refractivity contribution in [2.24, 2.45) is 0 Å². The van der Waals surface area contributed by atoms with E-state index in [0.29, 0.717) is 51.1 Å². The number of carbonyl (C=O) groups is 1. The number of aliphatic hydroxyl groups excluding tert-OH is 2. The maximum Gasteiger partial charge on any atom is 0.253 e. The van der Waals surface area contributed by atoms with Gasteiger partial charge in [0.2, 0.25) is 0 Å². The average Bonchev–Trinajstić information content (AvgIpc) is 3.47. The third-order valence-electron chi connectivity index (χ3n) is 6.61. The molecular weight excluding hydrogens is 408 g/mol. The smallest absolute Gasteiger partial charge is 0.253 e. The van der Waals surface area contributed by atoms with E-state index in [0.717, 1.165) is 22.0 Å². The fraction of sp³-hybridized carbons (Fsp3) is 0.417. The lowest BCUT2D eigenvalue weighted by Gasteiger charge is -2.38. The Bertz CT molecular complexity index is 1110. The van der Waals surface area contributed by atoms with Gasteiger partial charge in [-0.1, -0.05) is 24.3 Å². The van der Waals surface area contributed by atoms with Gasteiger partial charge in [-0.25, -0.2) is 0 Å². The zero-order valence-corrected chi connectivity index (χ0v) is 17.9. The summed E-state index contributed by atoms with van der Waals surface area (Å²) in [6, 6.07) is 13.7. The number of rotatable bonds is 6. The number of piperazine rings is 1. The Labute approximate surface area is 186 Å². The van der Waals surface area contributed by atoms with Gasteiger partial charge in [-0.05, 0) is 42.2 Å². The first-order chi connectivity index (χ1) is 15.5. The van der Waals surface area contributed by atoms with E-state index in [9.17, 15) is 20.1 Å². The summed E-state index contributed by atoms with van der Waals surface area (Å²) >= 11 is 0. The number of amides is 1. The molecule has 1 amide bonds. The van der Waals surface area contributed by atoms with Crippen molar-refractivity contribution in [1.82, 2.24) is 19.6 Å². The lowest BCUT2D eigenvalue weighted by atomic mass is 10.0. The van der Waals surface area contributed by atoms with Crippen LogP contribution in [0.3, 0.4) is 0 Å². The largest absolute Gasteiger partial charge is 0.394 e. The van der Waals surface area contributed by atoms with Crippen molar-refractivity contribution in [2.45, 2.75) is 31.2 Å². The van der Waals surface area contributed by atoms with Crippen LogP contribution < -0.4 is 0 Å². The molecule has 1 aromatic heterocycles. The van der Waals surface area contributed by atoms with E-state index in [1.807, 2.05) is 47.4 Å². The summed E-state index contributed by atoms with van der Waals surface area (Å²) in [5, 5.41) is 35.0. The second-order valence-electron chi connectivity index (χ2n) is 8.75. The highest BCUT2D eigenvalue weighted by Gasteiger charge is 2.50. The summed E-state index contributed by atoms with van der Waals surface area (Å²) in [7, 11) is 0. The van der Waals surface area contributed by atoms with Crippen molar-refractivity contribution in [2.75, 3.05) is 32.8 Å². The molecule has 2 heterocycles. The van der Waals surface area contributed by atoms with Crippen LogP contribution in [0.25, 0.3) is 22.0 Å². The highest BCUT2D eigenvalue weighted by atomic mass is 16.4. The number of hydrogen-bond acceptors (Lipinski definition) is 6. The number of fused-ring (bicyclic) bond motifs is 1. The fourth-order valence-corrected chi connectivity index (χ4v) is 4.41. The van der Waals surface area contributed by atoms with Crippen LogP contribution in [0.4, 0.5) is 0 Å². The molecule has 0 spiro atoms. The molecule has 2 aliphatic rings. The zero-order valence-electron chi connectivity index (χ0n) is 17.9. The SMILES string of the molecule is O=C(c1ccc(-c2ccc3cnn(CCO)c3c2)cc1)N1CCN(C(O)C2(O)CC2)CC1. The average molecular weight is 437 g/mol. The van der Waals surface area contributed by atoms with E-state index < -0.39 is 11.8 Å². The molecule has 1 unspecified atom stereocenters. The summed E-state index contributed by atoms with van der Waals surface area (Å²) in [4.78, 5) is 16.6. The number of benzene rings is 2. The predicted molar refractivity (Wildman–Crippen MR) is 120 cm³/mol. The Morgan fingerprint density at radius 3 is 2.38 bits per heavy atom. The Hall–Kier alpha value is -2.78. The zero-order chi connectivity index (χ0) is 22.3. The molecule has 5 rings (SSSR count). The van der Waals surface area contributed by atoms with Crippen molar-refractivity contribution in [1.29, 1.82) is 0 Å².